The minimum atomic E-state index is -1.28. The molecule has 3 amide bonds. The second-order valence-electron chi connectivity index (χ2n) is 9.32. The van der Waals surface area contributed by atoms with Crippen molar-refractivity contribution in [1.82, 2.24) is 25.9 Å². The molecular weight excluding hydrogens is 520 g/mol. The Kier molecular flexibility index (Phi) is 10.2. The Bertz CT molecular complexity index is 1300. The summed E-state index contributed by atoms with van der Waals surface area (Å²) >= 11 is 0. The lowest BCUT2D eigenvalue weighted by molar-refractivity contribution is -0.142. The molecule has 3 rings (SSSR count). The van der Waals surface area contributed by atoms with E-state index < -0.39 is 47.9 Å². The first-order valence-electron chi connectivity index (χ1n) is 12.4. The SMILES string of the molecule is CC(NC(=O)C(Cc1cnc[nH]1)NC(=O)C(N)Cc1ccc(O)cc1)C(=O)NC(Cc1ccc(O)cc1)C(=O)O. The second kappa shape index (κ2) is 13.8. The molecule has 13 nitrogen and oxygen atoms in total. The molecule has 212 valence electrons. The highest BCUT2D eigenvalue weighted by atomic mass is 16.4. The Labute approximate surface area is 229 Å². The Balaban J connectivity index is 1.63. The number of phenolic OH excluding ortho intramolecular Hbond substituents is 2. The number of nitrogens with zero attached hydrogens (tertiary/aromatic N) is 1. The van der Waals surface area contributed by atoms with Crippen molar-refractivity contribution in [1.29, 1.82) is 0 Å². The number of aromatic amines is 1. The van der Waals surface area contributed by atoms with Gasteiger partial charge in [0.2, 0.25) is 17.7 Å². The van der Waals surface area contributed by atoms with E-state index in [0.717, 1.165) is 0 Å². The van der Waals surface area contributed by atoms with Crippen molar-refractivity contribution in [3.8, 4) is 11.5 Å². The molecule has 0 saturated carbocycles. The Morgan fingerprint density at radius 1 is 0.800 bits per heavy atom. The topological polar surface area (TPSA) is 220 Å². The van der Waals surface area contributed by atoms with Crippen LogP contribution >= 0.6 is 0 Å². The third-order valence-electron chi connectivity index (χ3n) is 6.08. The van der Waals surface area contributed by atoms with Gasteiger partial charge in [-0.15, -0.1) is 0 Å². The fourth-order valence-electron chi connectivity index (χ4n) is 3.83. The molecule has 9 N–H and O–H groups in total. The number of amides is 3. The molecule has 0 saturated heterocycles. The number of rotatable bonds is 13. The first kappa shape index (κ1) is 29.6. The monoisotopic (exact) mass is 552 g/mol. The highest BCUT2D eigenvalue weighted by Gasteiger charge is 2.29. The summed E-state index contributed by atoms with van der Waals surface area (Å²) in [5.74, 6) is -3.21. The third kappa shape index (κ3) is 8.84. The number of carbonyl (C=O) groups is 4. The highest BCUT2D eigenvalue weighted by Crippen LogP contribution is 2.12. The van der Waals surface area contributed by atoms with E-state index in [1.165, 1.54) is 55.8 Å². The van der Waals surface area contributed by atoms with Crippen molar-refractivity contribution in [2.75, 3.05) is 0 Å². The number of aliphatic carboxylic acids is 1. The number of carboxylic acids is 1. The predicted octanol–water partition coefficient (Wildman–Crippen LogP) is -0.265. The molecule has 0 aliphatic heterocycles. The number of aromatic hydroxyl groups is 2. The summed E-state index contributed by atoms with van der Waals surface area (Å²) in [7, 11) is 0. The predicted molar refractivity (Wildman–Crippen MR) is 143 cm³/mol. The van der Waals surface area contributed by atoms with E-state index in [1.807, 2.05) is 0 Å². The Morgan fingerprint density at radius 3 is 1.88 bits per heavy atom. The van der Waals surface area contributed by atoms with Crippen molar-refractivity contribution in [3.05, 3.63) is 77.9 Å². The molecule has 0 spiro atoms. The summed E-state index contributed by atoms with van der Waals surface area (Å²) in [5.41, 5.74) is 7.89. The van der Waals surface area contributed by atoms with Gasteiger partial charge < -0.3 is 42.0 Å². The van der Waals surface area contributed by atoms with E-state index in [2.05, 4.69) is 25.9 Å². The number of nitrogens with two attached hydrogens (primary N) is 1. The number of hydrogen-bond acceptors (Lipinski definition) is 8. The first-order chi connectivity index (χ1) is 19.0. The van der Waals surface area contributed by atoms with Crippen molar-refractivity contribution < 1.29 is 34.5 Å². The molecule has 1 heterocycles. The fraction of sp³-hybridized carbons (Fsp3) is 0.296. The number of carboxylic acid groups (broad SMARTS) is 1. The van der Waals surface area contributed by atoms with Crippen LogP contribution in [0.2, 0.25) is 0 Å². The van der Waals surface area contributed by atoms with Crippen LogP contribution in [0, 0.1) is 0 Å². The third-order valence-corrected chi connectivity index (χ3v) is 6.08. The lowest BCUT2D eigenvalue weighted by Crippen LogP contribution is -2.57. The summed E-state index contributed by atoms with van der Waals surface area (Å²) in [5, 5.41) is 35.9. The molecule has 0 fully saturated rings. The maximum absolute atomic E-state index is 13.1. The number of imidazole rings is 1. The van der Waals surface area contributed by atoms with E-state index in [-0.39, 0.29) is 30.8 Å². The van der Waals surface area contributed by atoms with Crippen LogP contribution in [0.25, 0.3) is 0 Å². The largest absolute Gasteiger partial charge is 0.508 e. The van der Waals surface area contributed by atoms with Gasteiger partial charge in [0, 0.05) is 24.7 Å². The van der Waals surface area contributed by atoms with Gasteiger partial charge in [-0.2, -0.15) is 0 Å². The van der Waals surface area contributed by atoms with Gasteiger partial charge in [-0.1, -0.05) is 24.3 Å². The molecular formula is C27H32N6O7. The average Bonchev–Trinajstić information content (AvgIpc) is 3.43. The van der Waals surface area contributed by atoms with Gasteiger partial charge in [-0.25, -0.2) is 9.78 Å². The zero-order valence-electron chi connectivity index (χ0n) is 21.7. The lowest BCUT2D eigenvalue weighted by atomic mass is 10.0. The van der Waals surface area contributed by atoms with E-state index in [4.69, 9.17) is 5.73 Å². The average molecular weight is 553 g/mol. The number of phenols is 2. The molecule has 1 aromatic heterocycles. The van der Waals surface area contributed by atoms with Crippen LogP contribution in [0.1, 0.15) is 23.7 Å². The molecule has 4 atom stereocenters. The van der Waals surface area contributed by atoms with Crippen LogP contribution in [0.3, 0.4) is 0 Å². The summed E-state index contributed by atoms with van der Waals surface area (Å²) in [6.45, 7) is 1.39. The highest BCUT2D eigenvalue weighted by molar-refractivity contribution is 5.94. The van der Waals surface area contributed by atoms with Crippen LogP contribution in [0.5, 0.6) is 11.5 Å². The Morgan fingerprint density at radius 2 is 1.35 bits per heavy atom. The van der Waals surface area contributed by atoms with Crippen LogP contribution in [-0.4, -0.2) is 73.1 Å². The van der Waals surface area contributed by atoms with E-state index in [0.29, 0.717) is 16.8 Å². The standard InChI is InChI=1S/C27H32N6O7/c1-15(24(36)33-23(27(39)40)11-17-4-8-20(35)9-5-17)31-26(38)22(12-18-13-29-14-30-18)32-25(37)21(28)10-16-2-6-19(34)7-3-16/h2-9,13-15,21-23,34-35H,10-12,28H2,1H3,(H,29,30)(H,31,38)(H,32,37)(H,33,36)(H,39,40). The number of benzene rings is 2. The van der Waals surface area contributed by atoms with Crippen molar-refractivity contribution in [2.45, 2.75) is 50.4 Å². The molecule has 0 bridgehead atoms. The second-order valence-corrected chi connectivity index (χ2v) is 9.32. The van der Waals surface area contributed by atoms with Gasteiger partial charge >= 0.3 is 5.97 Å². The molecule has 13 heteroatoms. The smallest absolute Gasteiger partial charge is 0.326 e. The van der Waals surface area contributed by atoms with Gasteiger partial charge in [0.15, 0.2) is 0 Å². The van der Waals surface area contributed by atoms with E-state index in [9.17, 15) is 34.5 Å². The Hall–Kier alpha value is -4.91. The van der Waals surface area contributed by atoms with E-state index >= 15 is 0 Å². The number of H-pyrrole nitrogens is 1. The van der Waals surface area contributed by atoms with Crippen molar-refractivity contribution in [3.63, 3.8) is 0 Å². The van der Waals surface area contributed by atoms with Crippen LogP contribution in [-0.2, 0) is 38.4 Å². The normalized spacial score (nSPS) is 13.8. The number of aromatic nitrogens is 2. The maximum Gasteiger partial charge on any atom is 0.326 e. The van der Waals surface area contributed by atoms with Crippen LogP contribution in [0.4, 0.5) is 0 Å². The molecule has 0 aliphatic rings. The number of hydrogen-bond donors (Lipinski definition) is 8. The molecule has 4 unspecified atom stereocenters. The lowest BCUT2D eigenvalue weighted by Gasteiger charge is -2.23. The van der Waals surface area contributed by atoms with E-state index in [1.54, 1.807) is 12.1 Å². The van der Waals surface area contributed by atoms with Crippen molar-refractivity contribution >= 4 is 23.7 Å². The number of carbonyl (C=O) groups excluding carboxylic acids is 3. The van der Waals surface area contributed by atoms with Crippen LogP contribution in [0.15, 0.2) is 61.1 Å². The minimum absolute atomic E-state index is 0.0223. The van der Waals surface area contributed by atoms with Gasteiger partial charge in [0.1, 0.15) is 29.6 Å². The summed E-state index contributed by atoms with van der Waals surface area (Å²) in [4.78, 5) is 57.2. The first-order valence-corrected chi connectivity index (χ1v) is 12.4. The quantitative estimate of drug-likeness (QED) is 0.140. The molecule has 2 aromatic carbocycles. The van der Waals surface area contributed by atoms with Gasteiger partial charge in [0.25, 0.3) is 0 Å². The fourth-order valence-corrected chi connectivity index (χ4v) is 3.83. The maximum atomic E-state index is 13.1. The molecule has 40 heavy (non-hydrogen) atoms. The zero-order valence-corrected chi connectivity index (χ0v) is 21.7. The van der Waals surface area contributed by atoms with Gasteiger partial charge in [-0.05, 0) is 48.7 Å². The molecule has 0 aliphatic carbocycles. The van der Waals surface area contributed by atoms with Crippen LogP contribution < -0.4 is 21.7 Å². The minimum Gasteiger partial charge on any atom is -0.508 e. The van der Waals surface area contributed by atoms with Gasteiger partial charge in [-0.3, -0.25) is 14.4 Å². The molecule has 3 aromatic rings. The summed E-state index contributed by atoms with van der Waals surface area (Å²) < 4.78 is 0. The summed E-state index contributed by atoms with van der Waals surface area (Å²) in [6, 6.07) is 7.55. The summed E-state index contributed by atoms with van der Waals surface area (Å²) in [6.07, 6.45) is 3.04. The van der Waals surface area contributed by atoms with Crippen molar-refractivity contribution in [2.24, 2.45) is 5.73 Å². The number of nitrogens with one attached hydrogen (secondary N) is 4. The zero-order chi connectivity index (χ0) is 29.2. The molecule has 0 radical (unpaired) electrons. The van der Waals surface area contributed by atoms with Gasteiger partial charge in [0.05, 0.1) is 12.4 Å².